The summed E-state index contributed by atoms with van der Waals surface area (Å²) < 4.78 is 0. The highest BCUT2D eigenvalue weighted by Crippen LogP contribution is 2.22. The summed E-state index contributed by atoms with van der Waals surface area (Å²) in [6.07, 6.45) is 0. The fraction of sp³-hybridized carbons (Fsp3) is 0.273. The zero-order chi connectivity index (χ0) is 19.6. The molecule has 3 aromatic rings. The summed E-state index contributed by atoms with van der Waals surface area (Å²) in [6.45, 7) is 8.84. The summed E-state index contributed by atoms with van der Waals surface area (Å²) in [6, 6.07) is 13.2. The van der Waals surface area contributed by atoms with Crippen LogP contribution in [0.1, 0.15) is 29.2 Å². The molecule has 5 nitrogen and oxygen atoms in total. The summed E-state index contributed by atoms with van der Waals surface area (Å²) in [5.41, 5.74) is 5.53. The molecule has 3 rings (SSSR count). The van der Waals surface area contributed by atoms with Gasteiger partial charge < -0.3 is 15.2 Å². The molecular formula is C22H25N3O2. The molecule has 0 aliphatic carbocycles. The Hall–Kier alpha value is -3.08. The van der Waals surface area contributed by atoms with Gasteiger partial charge in [0, 0.05) is 30.2 Å². The van der Waals surface area contributed by atoms with Gasteiger partial charge in [0.15, 0.2) is 0 Å². The maximum absolute atomic E-state index is 12.7. The minimum absolute atomic E-state index is 0.153. The summed E-state index contributed by atoms with van der Waals surface area (Å²) in [5, 5.41) is 3.92. The van der Waals surface area contributed by atoms with Crippen LogP contribution < -0.4 is 10.9 Å². The number of nitrogens with zero attached hydrogens (tertiary/aromatic N) is 1. The first-order valence-corrected chi connectivity index (χ1v) is 9.13. The van der Waals surface area contributed by atoms with Crippen LogP contribution in [0, 0.1) is 20.8 Å². The number of rotatable bonds is 4. The van der Waals surface area contributed by atoms with Gasteiger partial charge in [0.1, 0.15) is 0 Å². The Bertz CT molecular complexity index is 1050. The first-order chi connectivity index (χ1) is 12.9. The van der Waals surface area contributed by atoms with Crippen LogP contribution in [0.2, 0.25) is 0 Å². The van der Waals surface area contributed by atoms with Gasteiger partial charge in [-0.25, -0.2) is 4.79 Å². The van der Waals surface area contributed by atoms with Gasteiger partial charge in [-0.05, 0) is 62.6 Å². The van der Waals surface area contributed by atoms with Crippen molar-refractivity contribution in [3.63, 3.8) is 0 Å². The van der Waals surface area contributed by atoms with Gasteiger partial charge in [-0.2, -0.15) is 0 Å². The van der Waals surface area contributed by atoms with Crippen LogP contribution in [0.25, 0.3) is 10.9 Å². The molecule has 2 N–H and O–H groups in total. The first-order valence-electron chi connectivity index (χ1n) is 9.13. The zero-order valence-electron chi connectivity index (χ0n) is 16.2. The Balaban J connectivity index is 1.92. The maximum atomic E-state index is 12.7. The molecule has 0 spiro atoms. The predicted octanol–water partition coefficient (Wildman–Crippen LogP) is 4.51. The van der Waals surface area contributed by atoms with Crippen LogP contribution in [0.3, 0.4) is 0 Å². The van der Waals surface area contributed by atoms with Crippen LogP contribution >= 0.6 is 0 Å². The molecule has 0 saturated heterocycles. The standard InChI is InChI=1S/C22H25N3O2/c1-5-25(22(27)23-18-8-6-7-14(2)10-18)13-17-12-20(26)24-21-16(4)9-15(3)11-19(17)21/h6-12H,5,13H2,1-4H3,(H,23,27)(H,24,26). The lowest BCUT2D eigenvalue weighted by atomic mass is 10.0. The number of nitrogens with one attached hydrogen (secondary N) is 2. The van der Waals surface area contributed by atoms with E-state index < -0.39 is 0 Å². The van der Waals surface area contributed by atoms with Crippen molar-refractivity contribution in [1.29, 1.82) is 0 Å². The third kappa shape index (κ3) is 4.19. The summed E-state index contributed by atoms with van der Waals surface area (Å²) in [4.78, 5) is 29.5. The number of urea groups is 1. The SMILES string of the molecule is CCN(Cc1cc(=O)[nH]c2c(C)cc(C)cc12)C(=O)Nc1cccc(C)c1. The van der Waals surface area contributed by atoms with Crippen molar-refractivity contribution in [2.45, 2.75) is 34.2 Å². The molecule has 0 atom stereocenters. The lowest BCUT2D eigenvalue weighted by Gasteiger charge is -2.22. The van der Waals surface area contributed by atoms with Crippen molar-refractivity contribution in [3.8, 4) is 0 Å². The Labute approximate surface area is 159 Å². The number of aryl methyl sites for hydroxylation is 3. The van der Waals surface area contributed by atoms with Gasteiger partial charge in [0.2, 0.25) is 5.56 Å². The lowest BCUT2D eigenvalue weighted by molar-refractivity contribution is 0.212. The molecule has 5 heteroatoms. The summed E-state index contributed by atoms with van der Waals surface area (Å²) in [5.74, 6) is 0. The average Bonchev–Trinajstić information content (AvgIpc) is 2.60. The minimum Gasteiger partial charge on any atom is -0.322 e. The Morgan fingerprint density at radius 3 is 2.56 bits per heavy atom. The van der Waals surface area contributed by atoms with E-state index in [9.17, 15) is 9.59 Å². The molecule has 0 fully saturated rings. The smallest absolute Gasteiger partial charge is 0.322 e. The molecule has 27 heavy (non-hydrogen) atoms. The topological polar surface area (TPSA) is 65.2 Å². The maximum Gasteiger partial charge on any atom is 0.322 e. The number of hydrogen-bond donors (Lipinski definition) is 2. The van der Waals surface area contributed by atoms with Gasteiger partial charge in [0.05, 0.1) is 5.52 Å². The van der Waals surface area contributed by atoms with Crippen molar-refractivity contribution < 1.29 is 4.79 Å². The molecule has 1 heterocycles. The number of carbonyl (C=O) groups excluding carboxylic acids is 1. The molecule has 0 aliphatic rings. The van der Waals surface area contributed by atoms with Crippen molar-refractivity contribution in [2.24, 2.45) is 0 Å². The molecular weight excluding hydrogens is 338 g/mol. The van der Waals surface area contributed by atoms with E-state index in [1.165, 1.54) is 0 Å². The highest BCUT2D eigenvalue weighted by atomic mass is 16.2. The fourth-order valence-corrected chi connectivity index (χ4v) is 3.37. The predicted molar refractivity (Wildman–Crippen MR) is 110 cm³/mol. The number of amides is 2. The van der Waals surface area contributed by atoms with Gasteiger partial charge in [-0.3, -0.25) is 4.79 Å². The van der Waals surface area contributed by atoms with E-state index in [1.54, 1.807) is 11.0 Å². The molecule has 140 valence electrons. The number of anilines is 1. The second-order valence-electron chi connectivity index (χ2n) is 6.98. The van der Waals surface area contributed by atoms with E-state index in [0.717, 1.165) is 38.8 Å². The molecule has 0 radical (unpaired) electrons. The van der Waals surface area contributed by atoms with E-state index in [2.05, 4.69) is 16.4 Å². The van der Waals surface area contributed by atoms with Crippen molar-refractivity contribution in [2.75, 3.05) is 11.9 Å². The number of aromatic amines is 1. The van der Waals surface area contributed by atoms with E-state index in [4.69, 9.17) is 0 Å². The van der Waals surface area contributed by atoms with Gasteiger partial charge >= 0.3 is 6.03 Å². The third-order valence-electron chi connectivity index (χ3n) is 4.68. The highest BCUT2D eigenvalue weighted by Gasteiger charge is 2.15. The Morgan fingerprint density at radius 1 is 1.07 bits per heavy atom. The van der Waals surface area contributed by atoms with Crippen LogP contribution in [0.15, 0.2) is 47.3 Å². The number of pyridine rings is 1. The normalized spacial score (nSPS) is 10.8. The second kappa shape index (κ2) is 7.66. The zero-order valence-corrected chi connectivity index (χ0v) is 16.2. The Kier molecular flexibility index (Phi) is 5.31. The molecule has 0 unspecified atom stereocenters. The van der Waals surface area contributed by atoms with E-state index in [0.29, 0.717) is 13.1 Å². The van der Waals surface area contributed by atoms with E-state index in [-0.39, 0.29) is 11.6 Å². The molecule has 1 aromatic heterocycles. The summed E-state index contributed by atoms with van der Waals surface area (Å²) >= 11 is 0. The quantitative estimate of drug-likeness (QED) is 0.716. The van der Waals surface area contributed by atoms with Crippen molar-refractivity contribution in [3.05, 3.63) is 75.1 Å². The van der Waals surface area contributed by atoms with Crippen LogP contribution in [-0.4, -0.2) is 22.5 Å². The Morgan fingerprint density at radius 2 is 1.85 bits per heavy atom. The molecule has 2 aromatic carbocycles. The molecule has 0 saturated carbocycles. The third-order valence-corrected chi connectivity index (χ3v) is 4.68. The van der Waals surface area contributed by atoms with E-state index in [1.807, 2.05) is 58.0 Å². The molecule has 0 bridgehead atoms. The number of carbonyl (C=O) groups is 1. The number of hydrogen-bond acceptors (Lipinski definition) is 2. The van der Waals surface area contributed by atoms with E-state index >= 15 is 0 Å². The fourth-order valence-electron chi connectivity index (χ4n) is 3.37. The summed E-state index contributed by atoms with van der Waals surface area (Å²) in [7, 11) is 0. The van der Waals surface area contributed by atoms with Gasteiger partial charge in [-0.1, -0.05) is 23.8 Å². The van der Waals surface area contributed by atoms with Crippen LogP contribution in [0.5, 0.6) is 0 Å². The largest absolute Gasteiger partial charge is 0.322 e. The highest BCUT2D eigenvalue weighted by molar-refractivity contribution is 5.90. The number of H-pyrrole nitrogens is 1. The molecule has 0 aliphatic heterocycles. The lowest BCUT2D eigenvalue weighted by Crippen LogP contribution is -2.34. The average molecular weight is 363 g/mol. The minimum atomic E-state index is -0.180. The van der Waals surface area contributed by atoms with Gasteiger partial charge in [0.25, 0.3) is 0 Å². The second-order valence-corrected chi connectivity index (χ2v) is 6.98. The number of fused-ring (bicyclic) bond motifs is 1. The molecule has 2 amide bonds. The van der Waals surface area contributed by atoms with Crippen molar-refractivity contribution in [1.82, 2.24) is 9.88 Å². The van der Waals surface area contributed by atoms with Crippen molar-refractivity contribution >= 4 is 22.6 Å². The number of benzene rings is 2. The van der Waals surface area contributed by atoms with Crippen LogP contribution in [0.4, 0.5) is 10.5 Å². The number of aromatic nitrogens is 1. The van der Waals surface area contributed by atoms with Gasteiger partial charge in [-0.15, -0.1) is 0 Å². The monoisotopic (exact) mass is 363 g/mol. The first kappa shape index (κ1) is 18.7. The van der Waals surface area contributed by atoms with Crippen LogP contribution in [-0.2, 0) is 6.54 Å².